The van der Waals surface area contributed by atoms with E-state index in [9.17, 15) is 0 Å². The van der Waals surface area contributed by atoms with E-state index in [1.165, 1.54) is 11.1 Å². The van der Waals surface area contributed by atoms with E-state index >= 15 is 0 Å². The Morgan fingerprint density at radius 3 is 1.50 bits per heavy atom. The van der Waals surface area contributed by atoms with Gasteiger partial charge in [-0.3, -0.25) is 0 Å². The van der Waals surface area contributed by atoms with Crippen molar-refractivity contribution in [3.63, 3.8) is 0 Å². The summed E-state index contributed by atoms with van der Waals surface area (Å²) in [4.78, 5) is 0. The van der Waals surface area contributed by atoms with Gasteiger partial charge in [0.15, 0.2) is 0 Å². The topological polar surface area (TPSA) is 0 Å². The molecule has 0 saturated heterocycles. The molecular weight excluding hydrogens is 423 g/mol. The minimum atomic E-state index is 0. The van der Waals surface area contributed by atoms with E-state index in [-0.39, 0.29) is 98.1 Å². The summed E-state index contributed by atoms with van der Waals surface area (Å²) in [5, 5.41) is 0. The Kier molecular flexibility index (Phi) is 29.2. The SMILES string of the molecule is CC.C[CH-]c1ccc(C(C)C)cc1.[Y].[Y].[Y]. The second kappa shape index (κ2) is 17.4. The van der Waals surface area contributed by atoms with E-state index in [4.69, 9.17) is 0 Å². The van der Waals surface area contributed by atoms with Crippen LogP contribution >= 0.6 is 0 Å². The maximum Gasteiger partial charge on any atom is 0 e. The number of benzene rings is 1. The van der Waals surface area contributed by atoms with Crippen LogP contribution in [-0.2, 0) is 98.1 Å². The van der Waals surface area contributed by atoms with Crippen molar-refractivity contribution in [2.45, 2.75) is 40.5 Å². The van der Waals surface area contributed by atoms with Gasteiger partial charge in [-0.2, -0.15) is 24.1 Å². The molecule has 0 heterocycles. The molecule has 0 N–H and O–H groups in total. The molecule has 0 nitrogen and oxygen atoms in total. The first-order valence-corrected chi connectivity index (χ1v) is 5.13. The first kappa shape index (κ1) is 26.9. The molecule has 0 aromatic heterocycles. The van der Waals surface area contributed by atoms with Crippen LogP contribution in [-0.4, -0.2) is 0 Å². The molecule has 0 aliphatic rings. The average Bonchev–Trinajstić information content (AvgIpc) is 2.21. The van der Waals surface area contributed by atoms with Crippen molar-refractivity contribution >= 4 is 0 Å². The van der Waals surface area contributed by atoms with E-state index in [0.717, 1.165) is 0 Å². The van der Waals surface area contributed by atoms with Crippen molar-refractivity contribution in [3.05, 3.63) is 41.8 Å². The van der Waals surface area contributed by atoms with Crippen molar-refractivity contribution in [3.8, 4) is 0 Å². The average molecular weight is 444 g/mol. The summed E-state index contributed by atoms with van der Waals surface area (Å²) in [7, 11) is 0. The molecule has 0 spiro atoms. The summed E-state index contributed by atoms with van der Waals surface area (Å²) in [5.74, 6) is 0.640. The van der Waals surface area contributed by atoms with Gasteiger partial charge >= 0.3 is 0 Å². The second-order valence-corrected chi connectivity index (χ2v) is 3.11. The van der Waals surface area contributed by atoms with Gasteiger partial charge in [-0.25, -0.2) is 0 Å². The second-order valence-electron chi connectivity index (χ2n) is 3.11. The van der Waals surface area contributed by atoms with E-state index in [0.29, 0.717) is 5.92 Å². The number of hydrogen-bond donors (Lipinski definition) is 0. The van der Waals surface area contributed by atoms with Crippen LogP contribution in [0.4, 0.5) is 0 Å². The molecule has 0 fully saturated rings. The Bertz CT molecular complexity index is 217. The van der Waals surface area contributed by atoms with Crippen molar-refractivity contribution in [2.75, 3.05) is 0 Å². The van der Waals surface area contributed by atoms with Gasteiger partial charge in [0, 0.05) is 98.1 Å². The van der Waals surface area contributed by atoms with Gasteiger partial charge in [0.2, 0.25) is 0 Å². The molecule has 1 aromatic carbocycles. The van der Waals surface area contributed by atoms with Crippen LogP contribution in [0, 0.1) is 6.42 Å². The van der Waals surface area contributed by atoms with Crippen LogP contribution in [0.25, 0.3) is 0 Å². The van der Waals surface area contributed by atoms with Crippen molar-refractivity contribution < 1.29 is 98.1 Å². The molecule has 0 atom stereocenters. The summed E-state index contributed by atoms with van der Waals surface area (Å²) in [6.07, 6.45) is 2.12. The zero-order chi connectivity index (χ0) is 10.3. The van der Waals surface area contributed by atoms with Crippen LogP contribution in [0.15, 0.2) is 24.3 Å². The summed E-state index contributed by atoms with van der Waals surface area (Å²) in [5.41, 5.74) is 2.71. The van der Waals surface area contributed by atoms with E-state index in [1.807, 2.05) is 13.8 Å². The van der Waals surface area contributed by atoms with E-state index in [1.54, 1.807) is 0 Å². The molecule has 0 amide bonds. The standard InChI is InChI=1S/C11H15.C2H6.3Y/c1-4-10-5-7-11(8-6-10)9(2)3;1-2;;;/h4-9H,1-3H3;1-2H3;;;/q-1;;;;. The molecule has 3 heteroatoms. The Labute approximate surface area is 177 Å². The summed E-state index contributed by atoms with van der Waals surface area (Å²) in [6, 6.07) is 8.71. The molecule has 83 valence electrons. The third kappa shape index (κ3) is 11.5. The number of hydrogen-bond acceptors (Lipinski definition) is 0. The molecule has 0 aliphatic carbocycles. The van der Waals surface area contributed by atoms with Crippen LogP contribution in [0.2, 0.25) is 0 Å². The van der Waals surface area contributed by atoms with Gasteiger partial charge in [-0.1, -0.05) is 40.2 Å². The van der Waals surface area contributed by atoms with Gasteiger partial charge < -0.3 is 0 Å². The van der Waals surface area contributed by atoms with Crippen LogP contribution in [0.1, 0.15) is 51.7 Å². The summed E-state index contributed by atoms with van der Waals surface area (Å²) < 4.78 is 0. The van der Waals surface area contributed by atoms with Gasteiger partial charge in [0.1, 0.15) is 0 Å². The summed E-state index contributed by atoms with van der Waals surface area (Å²) in [6.45, 7) is 10.5. The predicted octanol–water partition coefficient (Wildman–Crippen LogP) is 4.40. The van der Waals surface area contributed by atoms with Gasteiger partial charge in [0.05, 0.1) is 0 Å². The van der Waals surface area contributed by atoms with Gasteiger partial charge in [-0.15, -0.1) is 12.1 Å². The fourth-order valence-electron chi connectivity index (χ4n) is 1.07. The fraction of sp³-hybridized carbons (Fsp3) is 0.462. The third-order valence-electron chi connectivity index (χ3n) is 1.94. The maximum absolute atomic E-state index is 2.21. The van der Waals surface area contributed by atoms with Gasteiger partial charge in [-0.05, 0) is 5.92 Å². The largest absolute Gasteiger partial charge is 0.192 e. The molecule has 1 rings (SSSR count). The molecule has 0 aliphatic heterocycles. The molecule has 16 heavy (non-hydrogen) atoms. The van der Waals surface area contributed by atoms with Crippen LogP contribution < -0.4 is 0 Å². The van der Waals surface area contributed by atoms with E-state index in [2.05, 4.69) is 51.5 Å². The monoisotopic (exact) mass is 444 g/mol. The maximum atomic E-state index is 2.21. The molecule has 0 saturated carbocycles. The third-order valence-corrected chi connectivity index (χ3v) is 1.94. The summed E-state index contributed by atoms with van der Waals surface area (Å²) >= 11 is 0. The quantitative estimate of drug-likeness (QED) is 0.594. The fourth-order valence-corrected chi connectivity index (χ4v) is 1.07. The molecule has 0 unspecified atom stereocenters. The Hall–Kier alpha value is 2.40. The van der Waals surface area contributed by atoms with Crippen molar-refractivity contribution in [1.82, 2.24) is 0 Å². The molecular formula is C13H21Y3-. The first-order chi connectivity index (χ1) is 6.24. The number of rotatable bonds is 2. The van der Waals surface area contributed by atoms with Crippen molar-refractivity contribution in [2.24, 2.45) is 0 Å². The molecule has 0 bridgehead atoms. The molecule has 3 radical (unpaired) electrons. The van der Waals surface area contributed by atoms with Gasteiger partial charge in [0.25, 0.3) is 0 Å². The molecule has 1 aromatic rings. The Morgan fingerprint density at radius 2 is 1.25 bits per heavy atom. The first-order valence-electron chi connectivity index (χ1n) is 5.13. The minimum Gasteiger partial charge on any atom is -0.192 e. The van der Waals surface area contributed by atoms with Crippen molar-refractivity contribution in [1.29, 1.82) is 0 Å². The predicted molar refractivity (Wildman–Crippen MR) is 61.0 cm³/mol. The van der Waals surface area contributed by atoms with E-state index < -0.39 is 0 Å². The van der Waals surface area contributed by atoms with Crippen LogP contribution in [0.5, 0.6) is 0 Å². The Balaban J connectivity index is -0.000000136. The zero-order valence-electron chi connectivity index (χ0n) is 11.2. The normalized spacial score (nSPS) is 7.38. The Morgan fingerprint density at radius 1 is 0.875 bits per heavy atom. The smallest absolute Gasteiger partial charge is 0 e. The zero-order valence-corrected chi connectivity index (χ0v) is 19.7. The minimum absolute atomic E-state index is 0. The van der Waals surface area contributed by atoms with Crippen LogP contribution in [0.3, 0.4) is 0 Å².